The lowest BCUT2D eigenvalue weighted by molar-refractivity contribution is 0.669. The van der Waals surface area contributed by atoms with E-state index < -0.39 is 0 Å². The van der Waals surface area contributed by atoms with Crippen molar-refractivity contribution < 1.29 is 4.42 Å². The lowest BCUT2D eigenvalue weighted by atomic mass is 9.45. The van der Waals surface area contributed by atoms with Crippen LogP contribution in [0.3, 0.4) is 0 Å². The smallest absolute Gasteiger partial charge is 0.333 e. The van der Waals surface area contributed by atoms with E-state index in [1.54, 1.807) is 0 Å². The minimum Gasteiger partial charge on any atom is -0.454 e. The summed E-state index contributed by atoms with van der Waals surface area (Å²) in [5, 5.41) is 7.26. The van der Waals surface area contributed by atoms with Crippen LogP contribution in [0.15, 0.2) is 217 Å². The third-order valence-corrected chi connectivity index (χ3v) is 14.5. The van der Waals surface area contributed by atoms with Crippen LogP contribution in [0.2, 0.25) is 0 Å². The number of aryl methyl sites for hydroxylation is 1. The molecule has 2 aliphatic rings. The third-order valence-electron chi connectivity index (χ3n) is 14.5. The van der Waals surface area contributed by atoms with Gasteiger partial charge in [-0.05, 0) is 136 Å². The van der Waals surface area contributed by atoms with E-state index in [4.69, 9.17) is 4.42 Å². The van der Waals surface area contributed by atoms with E-state index >= 15 is 0 Å². The van der Waals surface area contributed by atoms with E-state index in [9.17, 15) is 0 Å². The van der Waals surface area contributed by atoms with E-state index in [-0.39, 0.29) is 6.85 Å². The lowest BCUT2D eigenvalue weighted by Gasteiger charge is -2.41. The molecule has 0 amide bonds. The van der Waals surface area contributed by atoms with Gasteiger partial charge in [0.25, 0.3) is 0 Å². The highest BCUT2D eigenvalue weighted by atomic mass is 16.3. The molecular formula is C62H44BN3O. The Hall–Kier alpha value is -8.28. The summed E-state index contributed by atoms with van der Waals surface area (Å²) in [6.45, 7) is 2.11. The number of para-hydroxylation sites is 4. The number of hydrogen-bond donors (Lipinski definition) is 0. The Labute approximate surface area is 389 Å². The molecule has 5 heteroatoms. The zero-order chi connectivity index (χ0) is 44.2. The Kier molecular flexibility index (Phi) is 8.45. The highest BCUT2D eigenvalue weighted by Gasteiger charge is 2.44. The summed E-state index contributed by atoms with van der Waals surface area (Å²) >= 11 is 0. The van der Waals surface area contributed by atoms with Crippen molar-refractivity contribution in [2.24, 2.45) is 0 Å². The molecule has 0 saturated heterocycles. The number of hydrogen-bond acceptors (Lipinski definition) is 3. The number of fused-ring (bicyclic) bond motifs is 11. The topological polar surface area (TPSA) is 24.6 Å². The van der Waals surface area contributed by atoms with E-state index in [0.717, 1.165) is 62.5 Å². The first-order chi connectivity index (χ1) is 33.2. The summed E-state index contributed by atoms with van der Waals surface area (Å²) in [6.07, 6.45) is 3.45. The fraction of sp³-hybridized carbons (Fsp3) is 0.0645. The van der Waals surface area contributed by atoms with Crippen molar-refractivity contribution in [3.05, 3.63) is 218 Å². The van der Waals surface area contributed by atoms with Gasteiger partial charge in [0.1, 0.15) is 5.58 Å². The molecule has 0 atom stereocenters. The van der Waals surface area contributed by atoms with Gasteiger partial charge in [-0.1, -0.05) is 147 Å². The van der Waals surface area contributed by atoms with Crippen LogP contribution in [0.25, 0.3) is 76.8 Å². The molecule has 0 aliphatic carbocycles. The number of aromatic nitrogens is 1. The average Bonchev–Trinajstić information content (AvgIpc) is 3.93. The lowest BCUT2D eigenvalue weighted by Crippen LogP contribution is -2.56. The predicted molar refractivity (Wildman–Crippen MR) is 283 cm³/mol. The van der Waals surface area contributed by atoms with Gasteiger partial charge in [-0.15, -0.1) is 0 Å². The SMILES string of the molecule is CCCCc1ccc(N(c2ccccc2)c2ccc3c(c2)B2c4c(cc(-c5ccccc5)cc4N3c3cccc4c3oc3ccccc34)-c3cccc4c5cc6ccccc6cc5n2c34)cc1. The zero-order valence-corrected chi connectivity index (χ0v) is 37.2. The number of furan rings is 1. The molecule has 0 saturated carbocycles. The Morgan fingerprint density at radius 3 is 2.03 bits per heavy atom. The van der Waals surface area contributed by atoms with Gasteiger partial charge in [0.15, 0.2) is 5.58 Å². The Bertz CT molecular complexity index is 3930. The Morgan fingerprint density at radius 1 is 0.493 bits per heavy atom. The monoisotopic (exact) mass is 857 g/mol. The second-order valence-electron chi connectivity index (χ2n) is 18.3. The number of nitrogens with zero attached hydrogens (tertiary/aromatic N) is 3. The molecule has 4 heterocycles. The molecule has 12 aromatic rings. The van der Waals surface area contributed by atoms with E-state index in [2.05, 4.69) is 234 Å². The minimum absolute atomic E-state index is 0.152. The molecule has 4 nitrogen and oxygen atoms in total. The van der Waals surface area contributed by atoms with Gasteiger partial charge in [0.05, 0.1) is 5.69 Å². The van der Waals surface area contributed by atoms with Crippen molar-refractivity contribution in [3.63, 3.8) is 0 Å². The second-order valence-corrected chi connectivity index (χ2v) is 18.3. The highest BCUT2D eigenvalue weighted by Crippen LogP contribution is 2.50. The summed E-state index contributed by atoms with van der Waals surface area (Å²) in [7, 11) is 0. The highest BCUT2D eigenvalue weighted by molar-refractivity contribution is 6.90. The quantitative estimate of drug-likeness (QED) is 0.142. The van der Waals surface area contributed by atoms with Crippen LogP contribution in [-0.4, -0.2) is 11.3 Å². The van der Waals surface area contributed by atoms with Gasteiger partial charge in [-0.2, -0.15) is 0 Å². The molecule has 0 radical (unpaired) electrons. The van der Waals surface area contributed by atoms with Crippen molar-refractivity contribution in [2.45, 2.75) is 26.2 Å². The molecule has 0 bridgehead atoms. The first-order valence-electron chi connectivity index (χ1n) is 23.7. The predicted octanol–water partition coefficient (Wildman–Crippen LogP) is 15.7. The molecule has 10 aromatic carbocycles. The summed E-state index contributed by atoms with van der Waals surface area (Å²) in [5.41, 5.74) is 19.7. The molecule has 67 heavy (non-hydrogen) atoms. The van der Waals surface area contributed by atoms with Crippen LogP contribution in [-0.2, 0) is 6.42 Å². The zero-order valence-electron chi connectivity index (χ0n) is 37.2. The number of anilines is 6. The van der Waals surface area contributed by atoms with Crippen molar-refractivity contribution in [1.82, 2.24) is 4.48 Å². The molecule has 14 rings (SSSR count). The first-order valence-corrected chi connectivity index (χ1v) is 23.7. The van der Waals surface area contributed by atoms with Gasteiger partial charge in [0.2, 0.25) is 0 Å². The minimum atomic E-state index is -0.152. The van der Waals surface area contributed by atoms with E-state index in [1.165, 1.54) is 84.2 Å². The van der Waals surface area contributed by atoms with Crippen molar-refractivity contribution in [3.8, 4) is 22.3 Å². The fourth-order valence-electron chi connectivity index (χ4n) is 11.4. The molecule has 2 aliphatic heterocycles. The molecular weight excluding hydrogens is 814 g/mol. The van der Waals surface area contributed by atoms with E-state index in [1.807, 2.05) is 0 Å². The summed E-state index contributed by atoms with van der Waals surface area (Å²) in [5.74, 6) is 0. The average molecular weight is 858 g/mol. The largest absolute Gasteiger partial charge is 0.454 e. The maximum Gasteiger partial charge on any atom is 0.333 e. The maximum absolute atomic E-state index is 6.92. The summed E-state index contributed by atoms with van der Waals surface area (Å²) in [4.78, 5) is 4.93. The number of rotatable bonds is 8. The van der Waals surface area contributed by atoms with Crippen LogP contribution < -0.4 is 20.7 Å². The summed E-state index contributed by atoms with van der Waals surface area (Å²) < 4.78 is 9.60. The molecule has 0 fully saturated rings. The van der Waals surface area contributed by atoms with Gasteiger partial charge < -0.3 is 18.7 Å². The van der Waals surface area contributed by atoms with Crippen LogP contribution in [0.5, 0.6) is 0 Å². The van der Waals surface area contributed by atoms with Crippen LogP contribution >= 0.6 is 0 Å². The normalized spacial score (nSPS) is 12.7. The van der Waals surface area contributed by atoms with Gasteiger partial charge in [0, 0.05) is 66.6 Å². The number of unbranched alkanes of at least 4 members (excludes halogenated alkanes) is 1. The molecule has 316 valence electrons. The van der Waals surface area contributed by atoms with Crippen LogP contribution in [0.1, 0.15) is 25.3 Å². The maximum atomic E-state index is 6.92. The molecule has 0 spiro atoms. The third kappa shape index (κ3) is 5.74. The van der Waals surface area contributed by atoms with Gasteiger partial charge in [-0.25, -0.2) is 0 Å². The standard InChI is InChI=1S/C62H44BN3O/c1-2-3-16-40-29-31-46(32-30-40)64(45-21-8-5-9-22-45)47-33-34-55-54(39-47)63-60-53(50-25-14-24-49-52-35-42-19-10-11-20-43(42)37-57(52)66(63)61(49)50)36-44(41-17-6-4-7-18-41)38-58(60)65(55)56-27-15-26-51-48-23-12-13-28-59(48)67-62(51)56/h4-15,17-39H,2-3,16H2,1H3. The first kappa shape index (κ1) is 38.0. The van der Waals surface area contributed by atoms with E-state index in [0.29, 0.717) is 0 Å². The van der Waals surface area contributed by atoms with Crippen LogP contribution in [0.4, 0.5) is 34.1 Å². The fourth-order valence-corrected chi connectivity index (χ4v) is 11.4. The molecule has 2 aromatic heterocycles. The van der Waals surface area contributed by atoms with Crippen molar-refractivity contribution in [2.75, 3.05) is 9.80 Å². The van der Waals surface area contributed by atoms with Crippen LogP contribution in [0, 0.1) is 0 Å². The van der Waals surface area contributed by atoms with Gasteiger partial charge in [-0.3, -0.25) is 0 Å². The molecule has 0 N–H and O–H groups in total. The molecule has 0 unspecified atom stereocenters. The van der Waals surface area contributed by atoms with Crippen molar-refractivity contribution >= 4 is 106 Å². The Morgan fingerprint density at radius 2 is 1.19 bits per heavy atom. The number of benzene rings is 10. The second kappa shape index (κ2) is 14.9. The summed E-state index contributed by atoms with van der Waals surface area (Å²) in [6, 6.07) is 78.6. The van der Waals surface area contributed by atoms with Crippen molar-refractivity contribution in [1.29, 1.82) is 0 Å². The van der Waals surface area contributed by atoms with Gasteiger partial charge >= 0.3 is 6.85 Å². The Balaban J connectivity index is 1.11.